The normalized spacial score (nSPS) is 19.6. The quantitative estimate of drug-likeness (QED) is 0.847. The Morgan fingerprint density at radius 3 is 3.04 bits per heavy atom. The maximum atomic E-state index is 12.7. The van der Waals surface area contributed by atoms with Gasteiger partial charge in [0.1, 0.15) is 0 Å². The third-order valence-corrected chi connectivity index (χ3v) is 5.34. The Bertz CT molecular complexity index is 780. The third kappa shape index (κ3) is 2.79. The van der Waals surface area contributed by atoms with Crippen LogP contribution in [0.15, 0.2) is 18.3 Å². The maximum absolute atomic E-state index is 12.7. The van der Waals surface area contributed by atoms with Crippen molar-refractivity contribution < 1.29 is 4.79 Å². The van der Waals surface area contributed by atoms with Gasteiger partial charge in [0.05, 0.1) is 6.20 Å². The summed E-state index contributed by atoms with van der Waals surface area (Å²) in [5, 5.41) is 10.4. The van der Waals surface area contributed by atoms with Crippen LogP contribution in [0.5, 0.6) is 0 Å². The molecular formula is C19H24N4O. The monoisotopic (exact) mass is 324 g/mol. The van der Waals surface area contributed by atoms with Crippen molar-refractivity contribution in [3.05, 3.63) is 51.8 Å². The highest BCUT2D eigenvalue weighted by Gasteiger charge is 2.26. The van der Waals surface area contributed by atoms with Crippen LogP contribution in [0, 0.1) is 13.8 Å². The van der Waals surface area contributed by atoms with E-state index < -0.39 is 0 Å². The fourth-order valence-corrected chi connectivity index (χ4v) is 4.04. The van der Waals surface area contributed by atoms with Gasteiger partial charge >= 0.3 is 6.03 Å². The lowest BCUT2D eigenvalue weighted by molar-refractivity contribution is 0.187. The molecule has 5 heteroatoms. The number of aromatic nitrogens is 2. The summed E-state index contributed by atoms with van der Waals surface area (Å²) >= 11 is 0. The molecule has 1 atom stereocenters. The van der Waals surface area contributed by atoms with Gasteiger partial charge < -0.3 is 10.2 Å². The number of carbonyl (C=O) groups is 1. The molecule has 1 unspecified atom stereocenters. The van der Waals surface area contributed by atoms with Crippen LogP contribution in [0.4, 0.5) is 4.79 Å². The van der Waals surface area contributed by atoms with Crippen LogP contribution in [0.2, 0.25) is 0 Å². The first-order valence-electron chi connectivity index (χ1n) is 8.75. The van der Waals surface area contributed by atoms with Crippen molar-refractivity contribution in [2.24, 2.45) is 0 Å². The first kappa shape index (κ1) is 15.2. The van der Waals surface area contributed by atoms with Gasteiger partial charge in [-0.25, -0.2) is 4.79 Å². The summed E-state index contributed by atoms with van der Waals surface area (Å²) in [6, 6.07) is 4.75. The molecule has 2 aromatic rings. The predicted molar refractivity (Wildman–Crippen MR) is 93.0 cm³/mol. The average molecular weight is 324 g/mol. The Labute approximate surface area is 142 Å². The number of fused-ring (bicyclic) bond motifs is 2. The molecular weight excluding hydrogens is 300 g/mol. The molecule has 2 heterocycles. The van der Waals surface area contributed by atoms with Crippen molar-refractivity contribution in [1.29, 1.82) is 0 Å². The first-order valence-corrected chi connectivity index (χ1v) is 8.75. The van der Waals surface area contributed by atoms with Crippen molar-refractivity contribution in [2.75, 3.05) is 6.54 Å². The lowest BCUT2D eigenvalue weighted by Crippen LogP contribution is -2.48. The Balaban J connectivity index is 1.43. The lowest BCUT2D eigenvalue weighted by Gasteiger charge is -2.32. The van der Waals surface area contributed by atoms with Gasteiger partial charge in [0, 0.05) is 24.8 Å². The van der Waals surface area contributed by atoms with Gasteiger partial charge in [-0.05, 0) is 61.8 Å². The number of carbonyl (C=O) groups excluding carboxylic acids is 1. The van der Waals surface area contributed by atoms with E-state index in [1.165, 1.54) is 33.5 Å². The molecule has 1 aromatic carbocycles. The summed E-state index contributed by atoms with van der Waals surface area (Å²) in [6.45, 7) is 5.80. The first-order chi connectivity index (χ1) is 11.6. The summed E-state index contributed by atoms with van der Waals surface area (Å²) in [6.07, 6.45) is 5.64. The summed E-state index contributed by atoms with van der Waals surface area (Å²) in [4.78, 5) is 14.6. The van der Waals surface area contributed by atoms with E-state index in [1.54, 1.807) is 0 Å². The van der Waals surface area contributed by atoms with Crippen molar-refractivity contribution in [1.82, 2.24) is 20.4 Å². The minimum Gasteiger partial charge on any atom is -0.335 e. The van der Waals surface area contributed by atoms with E-state index in [1.807, 2.05) is 11.1 Å². The number of hydrogen-bond donors (Lipinski definition) is 2. The maximum Gasteiger partial charge on any atom is 0.317 e. The Morgan fingerprint density at radius 2 is 2.17 bits per heavy atom. The second kappa shape index (κ2) is 5.96. The largest absolute Gasteiger partial charge is 0.335 e. The molecule has 126 valence electrons. The van der Waals surface area contributed by atoms with Gasteiger partial charge in [-0.2, -0.15) is 5.10 Å². The second-order valence-electron chi connectivity index (χ2n) is 7.15. The van der Waals surface area contributed by atoms with Gasteiger partial charge in [0.2, 0.25) is 0 Å². The highest BCUT2D eigenvalue weighted by atomic mass is 16.2. The molecule has 0 fully saturated rings. The zero-order valence-electron chi connectivity index (χ0n) is 14.4. The summed E-state index contributed by atoms with van der Waals surface area (Å²) in [7, 11) is 0. The predicted octanol–water partition coefficient (Wildman–Crippen LogP) is 2.65. The molecule has 1 aliphatic carbocycles. The lowest BCUT2D eigenvalue weighted by atomic mass is 9.93. The molecule has 0 saturated heterocycles. The number of benzene rings is 1. The standard InChI is InChI=1S/C19H24N4O/c1-12-7-13(2)17-11-23(6-5-14(17)8-12)19(24)21-16-3-4-18-15(9-16)10-20-22-18/h7-8,10,16H,3-6,9,11H2,1-2H3,(H,20,22)(H,21,24). The number of nitrogens with one attached hydrogen (secondary N) is 2. The minimum absolute atomic E-state index is 0.0672. The fraction of sp³-hybridized carbons (Fsp3) is 0.474. The number of rotatable bonds is 1. The fourth-order valence-electron chi connectivity index (χ4n) is 4.04. The summed E-state index contributed by atoms with van der Waals surface area (Å²) < 4.78 is 0. The molecule has 0 saturated carbocycles. The van der Waals surface area contributed by atoms with E-state index in [0.29, 0.717) is 0 Å². The Hall–Kier alpha value is -2.30. The Kier molecular flexibility index (Phi) is 3.79. The highest BCUT2D eigenvalue weighted by Crippen LogP contribution is 2.24. The zero-order valence-corrected chi connectivity index (χ0v) is 14.4. The van der Waals surface area contributed by atoms with Crippen molar-refractivity contribution >= 4 is 6.03 Å². The molecule has 2 aliphatic rings. The smallest absolute Gasteiger partial charge is 0.317 e. The van der Waals surface area contributed by atoms with Crippen LogP contribution in [0.3, 0.4) is 0 Å². The van der Waals surface area contributed by atoms with Crippen molar-refractivity contribution in [3.8, 4) is 0 Å². The van der Waals surface area contributed by atoms with Crippen LogP contribution in [-0.2, 0) is 25.8 Å². The van der Waals surface area contributed by atoms with E-state index >= 15 is 0 Å². The number of hydrogen-bond acceptors (Lipinski definition) is 2. The van der Waals surface area contributed by atoms with Crippen LogP contribution < -0.4 is 5.32 Å². The average Bonchev–Trinajstić information content (AvgIpc) is 3.02. The molecule has 0 spiro atoms. The van der Waals surface area contributed by atoms with Crippen molar-refractivity contribution in [3.63, 3.8) is 0 Å². The van der Waals surface area contributed by atoms with Gasteiger partial charge in [-0.1, -0.05) is 17.7 Å². The van der Waals surface area contributed by atoms with Crippen LogP contribution >= 0.6 is 0 Å². The molecule has 1 aliphatic heterocycles. The molecule has 2 N–H and O–H groups in total. The van der Waals surface area contributed by atoms with Crippen LogP contribution in [0.25, 0.3) is 0 Å². The molecule has 1 aromatic heterocycles. The topological polar surface area (TPSA) is 61.0 Å². The van der Waals surface area contributed by atoms with Gasteiger partial charge in [-0.15, -0.1) is 0 Å². The van der Waals surface area contributed by atoms with Gasteiger partial charge in [-0.3, -0.25) is 5.10 Å². The number of aryl methyl sites for hydroxylation is 3. The highest BCUT2D eigenvalue weighted by molar-refractivity contribution is 5.75. The second-order valence-corrected chi connectivity index (χ2v) is 7.15. The van der Waals surface area contributed by atoms with Crippen molar-refractivity contribution in [2.45, 2.75) is 52.1 Å². The number of amides is 2. The molecule has 2 amide bonds. The number of H-pyrrole nitrogens is 1. The summed E-state index contributed by atoms with van der Waals surface area (Å²) in [5.74, 6) is 0. The number of nitrogens with zero attached hydrogens (tertiary/aromatic N) is 2. The van der Waals surface area contributed by atoms with E-state index in [0.717, 1.165) is 38.8 Å². The molecule has 0 radical (unpaired) electrons. The van der Waals surface area contributed by atoms with Crippen LogP contribution in [-0.4, -0.2) is 33.7 Å². The van der Waals surface area contributed by atoms with E-state index in [-0.39, 0.29) is 12.1 Å². The van der Waals surface area contributed by atoms with Gasteiger partial charge in [0.15, 0.2) is 0 Å². The zero-order chi connectivity index (χ0) is 16.7. The molecule has 4 rings (SSSR count). The SMILES string of the molecule is Cc1cc(C)c2c(c1)CCN(C(=O)NC1CCc3[nH]ncc3C1)C2. The van der Waals surface area contributed by atoms with E-state index in [4.69, 9.17) is 0 Å². The molecule has 5 nitrogen and oxygen atoms in total. The number of urea groups is 1. The molecule has 24 heavy (non-hydrogen) atoms. The molecule has 0 bridgehead atoms. The third-order valence-electron chi connectivity index (χ3n) is 5.34. The van der Waals surface area contributed by atoms with Crippen LogP contribution in [0.1, 0.15) is 39.9 Å². The Morgan fingerprint density at radius 1 is 1.29 bits per heavy atom. The van der Waals surface area contributed by atoms with Gasteiger partial charge in [0.25, 0.3) is 0 Å². The van der Waals surface area contributed by atoms with E-state index in [9.17, 15) is 4.79 Å². The summed E-state index contributed by atoms with van der Waals surface area (Å²) in [5.41, 5.74) is 7.78. The van der Waals surface area contributed by atoms with E-state index in [2.05, 4.69) is 41.5 Å². The minimum atomic E-state index is 0.0672. The number of aromatic amines is 1.